The molecule has 1 aliphatic rings. The highest BCUT2D eigenvalue weighted by atomic mass is 16.5. The average Bonchev–Trinajstić information content (AvgIpc) is 2.63. The minimum absolute atomic E-state index is 0.435. The third kappa shape index (κ3) is 4.66. The van der Waals surface area contributed by atoms with Crippen molar-refractivity contribution < 1.29 is 9.15 Å². The van der Waals surface area contributed by atoms with Crippen LogP contribution in [0.2, 0.25) is 0 Å². The van der Waals surface area contributed by atoms with Crippen molar-refractivity contribution in [2.45, 2.75) is 71.6 Å². The molecular formula is C16H27NO2. The SMILES string of the molecule is CCNCc1cc(COC2CCCCCC2)oc1C. The van der Waals surface area contributed by atoms with Crippen LogP contribution in [-0.4, -0.2) is 12.6 Å². The highest BCUT2D eigenvalue weighted by Gasteiger charge is 2.14. The van der Waals surface area contributed by atoms with Gasteiger partial charge in [0, 0.05) is 12.1 Å². The Morgan fingerprint density at radius 1 is 1.26 bits per heavy atom. The summed E-state index contributed by atoms with van der Waals surface area (Å²) in [6.45, 7) is 6.64. The minimum Gasteiger partial charge on any atom is -0.464 e. The zero-order valence-electron chi connectivity index (χ0n) is 12.3. The molecular weight excluding hydrogens is 238 g/mol. The lowest BCUT2D eigenvalue weighted by molar-refractivity contribution is 0.0216. The molecule has 0 aliphatic heterocycles. The van der Waals surface area contributed by atoms with Gasteiger partial charge in [-0.3, -0.25) is 0 Å². The van der Waals surface area contributed by atoms with Gasteiger partial charge in [0.05, 0.1) is 6.10 Å². The van der Waals surface area contributed by atoms with E-state index in [0.29, 0.717) is 12.7 Å². The van der Waals surface area contributed by atoms with Gasteiger partial charge in [0.15, 0.2) is 0 Å². The van der Waals surface area contributed by atoms with Crippen LogP contribution in [0.3, 0.4) is 0 Å². The molecule has 0 bridgehead atoms. The Balaban J connectivity index is 1.81. The van der Waals surface area contributed by atoms with E-state index in [1.165, 1.54) is 44.1 Å². The largest absolute Gasteiger partial charge is 0.464 e. The molecule has 0 unspecified atom stereocenters. The highest BCUT2D eigenvalue weighted by molar-refractivity contribution is 5.20. The first kappa shape index (κ1) is 14.6. The Kier molecular flexibility index (Phi) is 5.93. The summed E-state index contributed by atoms with van der Waals surface area (Å²) in [5.74, 6) is 1.98. The first-order valence-corrected chi connectivity index (χ1v) is 7.70. The van der Waals surface area contributed by atoms with E-state index in [2.05, 4.69) is 18.3 Å². The van der Waals surface area contributed by atoms with Gasteiger partial charge in [-0.05, 0) is 32.4 Å². The van der Waals surface area contributed by atoms with Crippen molar-refractivity contribution in [1.82, 2.24) is 5.32 Å². The standard InChI is InChI=1S/C16H27NO2/c1-3-17-11-14-10-16(19-13(14)2)12-18-15-8-6-4-5-7-9-15/h10,15,17H,3-9,11-12H2,1-2H3. The molecule has 0 saturated heterocycles. The summed E-state index contributed by atoms with van der Waals surface area (Å²) in [4.78, 5) is 0. The van der Waals surface area contributed by atoms with E-state index >= 15 is 0 Å². The number of hydrogen-bond donors (Lipinski definition) is 1. The minimum atomic E-state index is 0.435. The molecule has 1 N–H and O–H groups in total. The van der Waals surface area contributed by atoms with Crippen molar-refractivity contribution in [2.24, 2.45) is 0 Å². The van der Waals surface area contributed by atoms with E-state index in [1.807, 2.05) is 6.92 Å². The van der Waals surface area contributed by atoms with Gasteiger partial charge in [-0.2, -0.15) is 0 Å². The van der Waals surface area contributed by atoms with Crippen molar-refractivity contribution in [3.05, 3.63) is 23.2 Å². The molecule has 0 aromatic carbocycles. The Morgan fingerprint density at radius 2 is 2.00 bits per heavy atom. The Morgan fingerprint density at radius 3 is 2.68 bits per heavy atom. The van der Waals surface area contributed by atoms with Crippen LogP contribution in [0.4, 0.5) is 0 Å². The normalized spacial score (nSPS) is 17.6. The molecule has 0 amide bonds. The van der Waals surface area contributed by atoms with Gasteiger partial charge in [0.25, 0.3) is 0 Å². The van der Waals surface area contributed by atoms with Gasteiger partial charge in [-0.15, -0.1) is 0 Å². The Hall–Kier alpha value is -0.800. The molecule has 0 atom stereocenters. The topological polar surface area (TPSA) is 34.4 Å². The van der Waals surface area contributed by atoms with Gasteiger partial charge in [-0.25, -0.2) is 0 Å². The van der Waals surface area contributed by atoms with Crippen LogP contribution in [0.25, 0.3) is 0 Å². The average molecular weight is 265 g/mol. The quantitative estimate of drug-likeness (QED) is 0.791. The summed E-state index contributed by atoms with van der Waals surface area (Å²) >= 11 is 0. The van der Waals surface area contributed by atoms with Crippen LogP contribution in [-0.2, 0) is 17.9 Å². The third-order valence-electron chi connectivity index (χ3n) is 3.90. The lowest BCUT2D eigenvalue weighted by atomic mass is 10.1. The van der Waals surface area contributed by atoms with Gasteiger partial charge in [0.2, 0.25) is 0 Å². The van der Waals surface area contributed by atoms with Gasteiger partial charge >= 0.3 is 0 Å². The lowest BCUT2D eigenvalue weighted by Gasteiger charge is -2.13. The van der Waals surface area contributed by atoms with Crippen LogP contribution in [0.15, 0.2) is 10.5 Å². The number of furan rings is 1. The van der Waals surface area contributed by atoms with E-state index in [-0.39, 0.29) is 0 Å². The lowest BCUT2D eigenvalue weighted by Crippen LogP contribution is -2.12. The molecule has 1 heterocycles. The summed E-state index contributed by atoms with van der Waals surface area (Å²) < 4.78 is 11.8. The summed E-state index contributed by atoms with van der Waals surface area (Å²) in [5, 5.41) is 3.33. The van der Waals surface area contributed by atoms with Crippen LogP contribution >= 0.6 is 0 Å². The number of aryl methyl sites for hydroxylation is 1. The van der Waals surface area contributed by atoms with E-state index in [4.69, 9.17) is 9.15 Å². The molecule has 2 rings (SSSR count). The maximum absolute atomic E-state index is 6.01. The second-order valence-corrected chi connectivity index (χ2v) is 5.50. The second-order valence-electron chi connectivity index (χ2n) is 5.50. The first-order chi connectivity index (χ1) is 9.29. The zero-order valence-corrected chi connectivity index (χ0v) is 12.3. The molecule has 1 aromatic rings. The molecule has 1 aromatic heterocycles. The van der Waals surface area contributed by atoms with E-state index in [0.717, 1.165) is 24.6 Å². The van der Waals surface area contributed by atoms with Crippen LogP contribution in [0, 0.1) is 6.92 Å². The fourth-order valence-electron chi connectivity index (χ4n) is 2.70. The second kappa shape index (κ2) is 7.71. The van der Waals surface area contributed by atoms with Crippen LogP contribution in [0.5, 0.6) is 0 Å². The molecule has 108 valence electrons. The molecule has 0 radical (unpaired) electrons. The number of nitrogens with one attached hydrogen (secondary N) is 1. The van der Waals surface area contributed by atoms with Gasteiger partial charge in [0.1, 0.15) is 18.1 Å². The van der Waals surface area contributed by atoms with Crippen molar-refractivity contribution in [3.63, 3.8) is 0 Å². The summed E-state index contributed by atoms with van der Waals surface area (Å²) in [5.41, 5.74) is 1.25. The van der Waals surface area contributed by atoms with E-state index in [9.17, 15) is 0 Å². The highest BCUT2D eigenvalue weighted by Crippen LogP contribution is 2.22. The van der Waals surface area contributed by atoms with Crippen LogP contribution < -0.4 is 5.32 Å². The zero-order chi connectivity index (χ0) is 13.5. The number of hydrogen-bond acceptors (Lipinski definition) is 3. The van der Waals surface area contributed by atoms with Crippen molar-refractivity contribution in [3.8, 4) is 0 Å². The van der Waals surface area contributed by atoms with Crippen molar-refractivity contribution >= 4 is 0 Å². The fraction of sp³-hybridized carbons (Fsp3) is 0.750. The molecule has 1 saturated carbocycles. The molecule has 1 fully saturated rings. The Bertz CT molecular complexity index is 365. The fourth-order valence-corrected chi connectivity index (χ4v) is 2.70. The number of ether oxygens (including phenoxy) is 1. The smallest absolute Gasteiger partial charge is 0.130 e. The predicted octanol–water partition coefficient (Wildman–Crippen LogP) is 3.94. The maximum atomic E-state index is 6.01. The van der Waals surface area contributed by atoms with Crippen molar-refractivity contribution in [2.75, 3.05) is 6.54 Å². The van der Waals surface area contributed by atoms with Crippen LogP contribution in [0.1, 0.15) is 62.5 Å². The number of rotatable bonds is 6. The van der Waals surface area contributed by atoms with E-state index in [1.54, 1.807) is 0 Å². The maximum Gasteiger partial charge on any atom is 0.130 e. The predicted molar refractivity (Wildman–Crippen MR) is 77.1 cm³/mol. The summed E-state index contributed by atoms with van der Waals surface area (Å²) in [6.07, 6.45) is 8.22. The molecule has 19 heavy (non-hydrogen) atoms. The summed E-state index contributed by atoms with van der Waals surface area (Å²) in [7, 11) is 0. The van der Waals surface area contributed by atoms with Gasteiger partial charge < -0.3 is 14.5 Å². The van der Waals surface area contributed by atoms with Crippen molar-refractivity contribution in [1.29, 1.82) is 0 Å². The molecule has 1 aliphatic carbocycles. The molecule has 0 spiro atoms. The Labute approximate surface area is 116 Å². The monoisotopic (exact) mass is 265 g/mol. The third-order valence-corrected chi connectivity index (χ3v) is 3.90. The first-order valence-electron chi connectivity index (χ1n) is 7.70. The van der Waals surface area contributed by atoms with Gasteiger partial charge in [-0.1, -0.05) is 32.6 Å². The molecule has 3 nitrogen and oxygen atoms in total. The summed E-state index contributed by atoms with van der Waals surface area (Å²) in [6, 6.07) is 2.13. The van der Waals surface area contributed by atoms with E-state index < -0.39 is 0 Å². The molecule has 3 heteroatoms.